The van der Waals surface area contributed by atoms with Gasteiger partial charge in [-0.15, -0.1) is 35.0 Å². The Morgan fingerprint density at radius 2 is 1.35 bits per heavy atom. The second-order valence-electron chi connectivity index (χ2n) is 3.42. The standard InChI is InChI=1S/C14H9.2ClH.Zr/c1-3-7-13-11(5-1)9-10-12-6-2-4-8-14(12)13;;;/h1-7,9-10H;2*1H;/q-1;;;+3/p-2. The molecule has 3 aromatic carbocycles. The molecule has 0 bridgehead atoms. The van der Waals surface area contributed by atoms with E-state index in [2.05, 4.69) is 48.5 Å². The quantitative estimate of drug-likeness (QED) is 0.322. The molecule has 0 aromatic heterocycles. The van der Waals surface area contributed by atoms with E-state index in [0.29, 0.717) is 0 Å². The zero-order chi connectivity index (χ0) is 9.38. The van der Waals surface area contributed by atoms with E-state index in [1.807, 2.05) is 12.1 Å². The molecule has 17 heavy (non-hydrogen) atoms. The zero-order valence-electron chi connectivity index (χ0n) is 8.95. The van der Waals surface area contributed by atoms with Crippen LogP contribution in [0.25, 0.3) is 21.5 Å². The number of halogens is 2. The smallest absolute Gasteiger partial charge is 1.00 e. The largest absolute Gasteiger partial charge is 3.00 e. The van der Waals surface area contributed by atoms with Crippen molar-refractivity contribution in [2.24, 2.45) is 0 Å². The molecule has 3 rings (SSSR count). The van der Waals surface area contributed by atoms with Crippen LogP contribution in [-0.2, 0) is 26.2 Å². The summed E-state index contributed by atoms with van der Waals surface area (Å²) in [6.45, 7) is 0. The van der Waals surface area contributed by atoms with E-state index in [1.54, 1.807) is 0 Å². The number of fused-ring (bicyclic) bond motifs is 3. The summed E-state index contributed by atoms with van der Waals surface area (Å²) < 4.78 is 0. The van der Waals surface area contributed by atoms with Crippen LogP contribution < -0.4 is 24.8 Å². The van der Waals surface area contributed by atoms with Gasteiger partial charge in [0, 0.05) is 0 Å². The molecule has 0 unspecified atom stereocenters. The molecule has 0 saturated carbocycles. The molecule has 0 aliphatic carbocycles. The van der Waals surface area contributed by atoms with Crippen LogP contribution in [-0.4, -0.2) is 0 Å². The third kappa shape index (κ3) is 3.10. The predicted molar refractivity (Wildman–Crippen MR) is 60.3 cm³/mol. The van der Waals surface area contributed by atoms with E-state index in [0.717, 1.165) is 0 Å². The van der Waals surface area contributed by atoms with Gasteiger partial charge in [-0.1, -0.05) is 47.2 Å². The molecule has 0 spiro atoms. The minimum absolute atomic E-state index is 0. The molecule has 0 aliphatic heterocycles. The second kappa shape index (κ2) is 7.16. The Balaban J connectivity index is 0.000000853. The van der Waals surface area contributed by atoms with Crippen LogP contribution in [0.5, 0.6) is 0 Å². The van der Waals surface area contributed by atoms with Gasteiger partial charge in [0.05, 0.1) is 0 Å². The fraction of sp³-hybridized carbons (Fsp3) is 0. The van der Waals surface area contributed by atoms with E-state index in [9.17, 15) is 0 Å². The van der Waals surface area contributed by atoms with Crippen molar-refractivity contribution in [3.8, 4) is 0 Å². The van der Waals surface area contributed by atoms with Crippen molar-refractivity contribution < 1.29 is 51.0 Å². The zero-order valence-corrected chi connectivity index (χ0v) is 12.9. The molecule has 3 heteroatoms. The van der Waals surface area contributed by atoms with Gasteiger partial charge in [0.2, 0.25) is 0 Å². The van der Waals surface area contributed by atoms with Crippen molar-refractivity contribution in [1.29, 1.82) is 0 Å². The molecule has 1 radical (unpaired) electrons. The van der Waals surface area contributed by atoms with E-state index in [-0.39, 0.29) is 51.0 Å². The molecular weight excluding hydrogens is 330 g/mol. The fourth-order valence-corrected chi connectivity index (χ4v) is 1.87. The Kier molecular flexibility index (Phi) is 7.01. The molecule has 0 amide bonds. The predicted octanol–water partition coefficient (Wildman–Crippen LogP) is -2.20. The Morgan fingerprint density at radius 1 is 0.706 bits per heavy atom. The first kappa shape index (κ1) is 16.6. The molecule has 0 N–H and O–H groups in total. The van der Waals surface area contributed by atoms with Crippen LogP contribution in [0.4, 0.5) is 0 Å². The van der Waals surface area contributed by atoms with Crippen molar-refractivity contribution in [3.05, 3.63) is 60.7 Å². The van der Waals surface area contributed by atoms with E-state index in [4.69, 9.17) is 0 Å². The van der Waals surface area contributed by atoms with Gasteiger partial charge in [0.1, 0.15) is 0 Å². The number of benzene rings is 3. The molecule has 3 aromatic rings. The van der Waals surface area contributed by atoms with Crippen molar-refractivity contribution in [3.63, 3.8) is 0 Å². The summed E-state index contributed by atoms with van der Waals surface area (Å²) >= 11 is 0. The molecule has 83 valence electrons. The van der Waals surface area contributed by atoms with Crippen LogP contribution in [0.2, 0.25) is 0 Å². The van der Waals surface area contributed by atoms with Gasteiger partial charge in [-0.25, -0.2) is 0 Å². The van der Waals surface area contributed by atoms with Gasteiger partial charge in [0.25, 0.3) is 0 Å². The van der Waals surface area contributed by atoms with Gasteiger partial charge < -0.3 is 24.8 Å². The Hall–Kier alpha value is -0.357. The first-order chi connectivity index (χ1) is 6.95. The maximum atomic E-state index is 3.29. The van der Waals surface area contributed by atoms with Crippen LogP contribution >= 0.6 is 0 Å². The molecule has 0 nitrogen and oxygen atoms in total. The SMILES string of the molecule is [Cl-].[Cl-].[Zr+3].[c-]1cccc2ccc3ccccc3c12. The molecule has 0 fully saturated rings. The third-order valence-corrected chi connectivity index (χ3v) is 2.56. The summed E-state index contributed by atoms with van der Waals surface area (Å²) in [5.74, 6) is 0. The maximum Gasteiger partial charge on any atom is 3.00 e. The summed E-state index contributed by atoms with van der Waals surface area (Å²) in [5.41, 5.74) is 0. The molecule has 0 aliphatic rings. The van der Waals surface area contributed by atoms with Crippen molar-refractivity contribution in [2.45, 2.75) is 0 Å². The van der Waals surface area contributed by atoms with Gasteiger partial charge >= 0.3 is 26.2 Å². The van der Waals surface area contributed by atoms with Gasteiger partial charge in [-0.3, -0.25) is 0 Å². The van der Waals surface area contributed by atoms with E-state index < -0.39 is 0 Å². The van der Waals surface area contributed by atoms with Crippen LogP contribution in [0.15, 0.2) is 54.6 Å². The first-order valence-electron chi connectivity index (χ1n) is 4.73. The monoisotopic (exact) mass is 337 g/mol. The molecule has 0 atom stereocenters. The van der Waals surface area contributed by atoms with Gasteiger partial charge in [0.15, 0.2) is 0 Å². The minimum atomic E-state index is 0. The number of rotatable bonds is 0. The average Bonchev–Trinajstić information content (AvgIpc) is 2.29. The Bertz CT molecular complexity index is 553. The summed E-state index contributed by atoms with van der Waals surface area (Å²) in [5, 5.41) is 5.03. The Labute approximate surface area is 132 Å². The van der Waals surface area contributed by atoms with Crippen LogP contribution in [0.3, 0.4) is 0 Å². The summed E-state index contributed by atoms with van der Waals surface area (Å²) in [6, 6.07) is 22.1. The number of hydrogen-bond acceptors (Lipinski definition) is 0. The van der Waals surface area contributed by atoms with Crippen LogP contribution in [0.1, 0.15) is 0 Å². The average molecular weight is 339 g/mol. The molecule has 0 saturated heterocycles. The van der Waals surface area contributed by atoms with Crippen molar-refractivity contribution >= 4 is 21.5 Å². The summed E-state index contributed by atoms with van der Waals surface area (Å²) in [7, 11) is 0. The number of hydrogen-bond donors (Lipinski definition) is 0. The molecular formula is C14H9Cl2Zr. The van der Waals surface area contributed by atoms with Crippen molar-refractivity contribution in [1.82, 2.24) is 0 Å². The topological polar surface area (TPSA) is 0 Å². The Morgan fingerprint density at radius 3 is 2.18 bits per heavy atom. The van der Waals surface area contributed by atoms with E-state index in [1.165, 1.54) is 21.5 Å². The van der Waals surface area contributed by atoms with Gasteiger partial charge in [-0.2, -0.15) is 0 Å². The minimum Gasteiger partial charge on any atom is -1.00 e. The maximum absolute atomic E-state index is 3.29. The van der Waals surface area contributed by atoms with Gasteiger partial charge in [-0.05, 0) is 0 Å². The van der Waals surface area contributed by atoms with Crippen LogP contribution in [0, 0.1) is 6.07 Å². The van der Waals surface area contributed by atoms with E-state index >= 15 is 0 Å². The van der Waals surface area contributed by atoms with Crippen molar-refractivity contribution in [2.75, 3.05) is 0 Å². The first-order valence-corrected chi connectivity index (χ1v) is 4.73. The second-order valence-corrected chi connectivity index (χ2v) is 3.42. The third-order valence-electron chi connectivity index (χ3n) is 2.56. The fourth-order valence-electron chi connectivity index (χ4n) is 1.87. The summed E-state index contributed by atoms with van der Waals surface area (Å²) in [4.78, 5) is 0. The normalized spacial score (nSPS) is 8.94. The molecule has 0 heterocycles. The summed E-state index contributed by atoms with van der Waals surface area (Å²) in [6.07, 6.45) is 0.